The van der Waals surface area contributed by atoms with Crippen LogP contribution >= 0.6 is 11.6 Å². The number of aryl methyl sites for hydroxylation is 2. The van der Waals surface area contributed by atoms with E-state index < -0.39 is 11.4 Å². The summed E-state index contributed by atoms with van der Waals surface area (Å²) in [4.78, 5) is 21.4. The average molecular weight is 475 g/mol. The molecule has 0 amide bonds. The maximum atomic E-state index is 14.0. The zero-order valence-electron chi connectivity index (χ0n) is 18.4. The highest BCUT2D eigenvalue weighted by atomic mass is 35.5. The standard InChI is InChI=1S/C26H20ClFN4O2/c1-31-15-29-14-24(31)26(34,17-6-8-18(27)9-7-17)23-11-21-20(16-4-3-5-19(28)10-16)12-25(33)32(2)22(21)13-30-23/h3-15,34H,1-2H3/t26-/m1/s1. The van der Waals surface area contributed by atoms with Gasteiger partial charge in [-0.3, -0.25) is 9.78 Å². The SMILES string of the molecule is Cn1cncc1[C@@](O)(c1ccc(Cl)cc1)c1cc2c(-c3cccc(F)c3)cc(=O)n(C)c2cn1. The Labute approximate surface area is 199 Å². The fourth-order valence-corrected chi connectivity index (χ4v) is 4.39. The van der Waals surface area contributed by atoms with Crippen molar-refractivity contribution in [1.82, 2.24) is 19.1 Å². The third-order valence-corrected chi connectivity index (χ3v) is 6.34. The van der Waals surface area contributed by atoms with Crippen molar-refractivity contribution >= 4 is 22.5 Å². The number of imidazole rings is 1. The van der Waals surface area contributed by atoms with E-state index in [0.717, 1.165) is 0 Å². The molecule has 5 rings (SSSR count). The molecule has 1 atom stereocenters. The zero-order chi connectivity index (χ0) is 24.0. The van der Waals surface area contributed by atoms with Crippen molar-refractivity contribution in [2.24, 2.45) is 14.1 Å². The predicted molar refractivity (Wildman–Crippen MR) is 129 cm³/mol. The second-order valence-electron chi connectivity index (χ2n) is 8.16. The largest absolute Gasteiger partial charge is 0.373 e. The number of fused-ring (bicyclic) bond motifs is 1. The summed E-state index contributed by atoms with van der Waals surface area (Å²) in [6, 6.07) is 16.1. The van der Waals surface area contributed by atoms with Crippen LogP contribution in [0.1, 0.15) is 17.0 Å². The Morgan fingerprint density at radius 2 is 1.79 bits per heavy atom. The Hall–Kier alpha value is -3.81. The first-order chi connectivity index (χ1) is 16.3. The van der Waals surface area contributed by atoms with Crippen molar-refractivity contribution in [3.8, 4) is 11.1 Å². The quantitative estimate of drug-likeness (QED) is 0.419. The number of rotatable bonds is 4. The molecular weight excluding hydrogens is 455 g/mol. The molecule has 2 aromatic carbocycles. The maximum Gasteiger partial charge on any atom is 0.251 e. The van der Waals surface area contributed by atoms with E-state index >= 15 is 0 Å². The van der Waals surface area contributed by atoms with Crippen molar-refractivity contribution in [2.45, 2.75) is 5.60 Å². The molecule has 1 N–H and O–H groups in total. The van der Waals surface area contributed by atoms with Crippen molar-refractivity contribution in [3.05, 3.63) is 118 Å². The molecule has 0 radical (unpaired) electrons. The molecule has 8 heteroatoms. The lowest BCUT2D eigenvalue weighted by atomic mass is 9.86. The summed E-state index contributed by atoms with van der Waals surface area (Å²) >= 11 is 6.10. The molecule has 0 aliphatic rings. The number of nitrogens with zero attached hydrogens (tertiary/aromatic N) is 4. The van der Waals surface area contributed by atoms with Crippen LogP contribution in [-0.2, 0) is 19.7 Å². The summed E-state index contributed by atoms with van der Waals surface area (Å²) in [5, 5.41) is 13.4. The van der Waals surface area contributed by atoms with E-state index in [1.807, 2.05) is 0 Å². The lowest BCUT2D eigenvalue weighted by molar-refractivity contribution is 0.113. The van der Waals surface area contributed by atoms with Gasteiger partial charge < -0.3 is 14.2 Å². The van der Waals surface area contributed by atoms with E-state index in [9.17, 15) is 14.3 Å². The van der Waals surface area contributed by atoms with Gasteiger partial charge in [-0.1, -0.05) is 35.9 Å². The third kappa shape index (κ3) is 3.50. The fraction of sp³-hybridized carbons (Fsp3) is 0.115. The van der Waals surface area contributed by atoms with E-state index in [2.05, 4.69) is 9.97 Å². The van der Waals surface area contributed by atoms with Crippen LogP contribution in [0, 0.1) is 5.82 Å². The van der Waals surface area contributed by atoms with Gasteiger partial charge in [0.25, 0.3) is 5.56 Å². The monoisotopic (exact) mass is 474 g/mol. The lowest BCUT2D eigenvalue weighted by Gasteiger charge is -2.29. The molecule has 0 spiro atoms. The Bertz CT molecular complexity index is 1590. The first-order valence-corrected chi connectivity index (χ1v) is 10.9. The summed E-state index contributed by atoms with van der Waals surface area (Å²) in [6.07, 6.45) is 4.72. The molecule has 0 aliphatic carbocycles. The molecule has 5 aromatic rings. The highest BCUT2D eigenvalue weighted by Crippen LogP contribution is 2.38. The molecular formula is C26H20ClFN4O2. The molecule has 0 saturated heterocycles. The third-order valence-electron chi connectivity index (χ3n) is 6.09. The van der Waals surface area contributed by atoms with Crippen LogP contribution in [0.3, 0.4) is 0 Å². The van der Waals surface area contributed by atoms with Crippen LogP contribution < -0.4 is 5.56 Å². The minimum absolute atomic E-state index is 0.249. The molecule has 3 heterocycles. The lowest BCUT2D eigenvalue weighted by Crippen LogP contribution is -2.32. The average Bonchev–Trinajstić information content (AvgIpc) is 3.27. The molecule has 0 fully saturated rings. The number of aromatic nitrogens is 4. The van der Waals surface area contributed by atoms with Gasteiger partial charge in [0.05, 0.1) is 35.6 Å². The summed E-state index contributed by atoms with van der Waals surface area (Å²) in [6.45, 7) is 0. The number of hydrogen-bond donors (Lipinski definition) is 1. The summed E-state index contributed by atoms with van der Waals surface area (Å²) in [5.41, 5.74) is 1.10. The van der Waals surface area contributed by atoms with Crippen LogP contribution in [0.4, 0.5) is 4.39 Å². The molecule has 0 aliphatic heterocycles. The number of halogens is 2. The summed E-state index contributed by atoms with van der Waals surface area (Å²) in [7, 11) is 3.43. The Morgan fingerprint density at radius 1 is 1.03 bits per heavy atom. The van der Waals surface area contributed by atoms with E-state index in [1.54, 1.807) is 79.8 Å². The minimum Gasteiger partial charge on any atom is -0.373 e. The van der Waals surface area contributed by atoms with E-state index in [4.69, 9.17) is 11.6 Å². The van der Waals surface area contributed by atoms with E-state index in [1.165, 1.54) is 22.8 Å². The zero-order valence-corrected chi connectivity index (χ0v) is 19.2. The van der Waals surface area contributed by atoms with Gasteiger partial charge in [0.15, 0.2) is 5.60 Å². The first-order valence-electron chi connectivity index (χ1n) is 10.5. The van der Waals surface area contributed by atoms with E-state index in [-0.39, 0.29) is 5.56 Å². The number of aliphatic hydroxyl groups is 1. The van der Waals surface area contributed by atoms with E-state index in [0.29, 0.717) is 44.0 Å². The second kappa shape index (κ2) is 8.20. The van der Waals surface area contributed by atoms with Crippen LogP contribution in [0.15, 0.2) is 84.2 Å². The normalized spacial score (nSPS) is 13.2. The predicted octanol–water partition coefficient (Wildman–Crippen LogP) is 4.41. The minimum atomic E-state index is -1.67. The van der Waals surface area contributed by atoms with Gasteiger partial charge in [0.2, 0.25) is 0 Å². The van der Waals surface area contributed by atoms with Crippen molar-refractivity contribution in [3.63, 3.8) is 0 Å². The Kier molecular flexibility index (Phi) is 5.31. The molecule has 170 valence electrons. The van der Waals surface area contributed by atoms with Crippen LogP contribution in [0.5, 0.6) is 0 Å². The Balaban J connectivity index is 1.84. The highest BCUT2D eigenvalue weighted by molar-refractivity contribution is 6.30. The van der Waals surface area contributed by atoms with Gasteiger partial charge in [-0.25, -0.2) is 9.37 Å². The summed E-state index contributed by atoms with van der Waals surface area (Å²) < 4.78 is 17.2. The van der Waals surface area contributed by atoms with Crippen molar-refractivity contribution in [1.29, 1.82) is 0 Å². The van der Waals surface area contributed by atoms with Gasteiger partial charge in [-0.15, -0.1) is 0 Å². The number of benzene rings is 2. The smallest absolute Gasteiger partial charge is 0.251 e. The molecule has 6 nitrogen and oxygen atoms in total. The number of hydrogen-bond acceptors (Lipinski definition) is 4. The van der Waals surface area contributed by atoms with Crippen LogP contribution in [0.25, 0.3) is 22.0 Å². The second-order valence-corrected chi connectivity index (χ2v) is 8.60. The highest BCUT2D eigenvalue weighted by Gasteiger charge is 2.38. The Morgan fingerprint density at radius 3 is 2.47 bits per heavy atom. The molecule has 0 unspecified atom stereocenters. The van der Waals surface area contributed by atoms with Gasteiger partial charge in [0.1, 0.15) is 5.82 Å². The fourth-order valence-electron chi connectivity index (χ4n) is 4.26. The maximum absolute atomic E-state index is 14.0. The van der Waals surface area contributed by atoms with Crippen LogP contribution in [-0.4, -0.2) is 24.2 Å². The first kappa shape index (κ1) is 22.0. The molecule has 0 saturated carbocycles. The summed E-state index contributed by atoms with van der Waals surface area (Å²) in [5.74, 6) is -0.409. The topological polar surface area (TPSA) is 72.9 Å². The molecule has 3 aromatic heterocycles. The van der Waals surface area contributed by atoms with Gasteiger partial charge in [-0.05, 0) is 47.0 Å². The molecule has 0 bridgehead atoms. The van der Waals surface area contributed by atoms with Crippen LogP contribution in [0.2, 0.25) is 5.02 Å². The van der Waals surface area contributed by atoms with Crippen molar-refractivity contribution < 1.29 is 9.50 Å². The van der Waals surface area contributed by atoms with Gasteiger partial charge >= 0.3 is 0 Å². The van der Waals surface area contributed by atoms with Gasteiger partial charge in [-0.2, -0.15) is 0 Å². The van der Waals surface area contributed by atoms with Gasteiger partial charge in [0, 0.05) is 30.6 Å². The molecule has 34 heavy (non-hydrogen) atoms. The van der Waals surface area contributed by atoms with Crippen molar-refractivity contribution in [2.75, 3.05) is 0 Å². The number of pyridine rings is 2.